The number of carbonyl (C=O) groups is 1. The third-order valence-electron chi connectivity index (χ3n) is 3.32. The van der Waals surface area contributed by atoms with Crippen molar-refractivity contribution in [1.29, 1.82) is 0 Å². The monoisotopic (exact) mass is 303 g/mol. The van der Waals surface area contributed by atoms with Crippen molar-refractivity contribution in [3.8, 4) is 0 Å². The molecule has 4 heteroatoms. The topological polar surface area (TPSA) is 29.1 Å². The fourth-order valence-electron chi connectivity index (χ4n) is 2.16. The van der Waals surface area contributed by atoms with Crippen molar-refractivity contribution in [1.82, 2.24) is 0 Å². The van der Waals surface area contributed by atoms with Crippen molar-refractivity contribution in [2.45, 2.75) is 32.6 Å². The molecule has 0 atom stereocenters. The quantitative estimate of drug-likeness (QED) is 0.892. The van der Waals surface area contributed by atoms with Gasteiger partial charge in [0, 0.05) is 11.8 Å². The molecular weight excluding hydrogens is 284 g/mol. The lowest BCUT2D eigenvalue weighted by molar-refractivity contribution is -0.115. The molecule has 0 fully saturated rings. The first-order chi connectivity index (χ1) is 10.2. The van der Waals surface area contributed by atoms with Gasteiger partial charge in [0.1, 0.15) is 11.6 Å². The summed E-state index contributed by atoms with van der Waals surface area (Å²) in [6.45, 7) is 6.33. The van der Waals surface area contributed by atoms with E-state index in [1.807, 2.05) is 24.3 Å². The molecule has 2 aromatic carbocycles. The molecule has 2 aromatic rings. The minimum absolute atomic E-state index is 0.0433. The summed E-state index contributed by atoms with van der Waals surface area (Å²) < 4.78 is 26.2. The minimum Gasteiger partial charge on any atom is -0.326 e. The molecule has 0 aliphatic carbocycles. The molecule has 116 valence electrons. The van der Waals surface area contributed by atoms with Crippen LogP contribution in [0, 0.1) is 11.6 Å². The van der Waals surface area contributed by atoms with Crippen molar-refractivity contribution in [3.05, 3.63) is 65.2 Å². The number of hydrogen-bond acceptors (Lipinski definition) is 1. The zero-order chi connectivity index (χ0) is 16.3. The Morgan fingerprint density at radius 3 is 2.05 bits per heavy atom. The first kappa shape index (κ1) is 16.1. The van der Waals surface area contributed by atoms with Gasteiger partial charge in [-0.2, -0.15) is 0 Å². The summed E-state index contributed by atoms with van der Waals surface area (Å²) in [6.07, 6.45) is -0.0737. The molecule has 2 rings (SSSR count). The smallest absolute Gasteiger partial charge is 0.228 e. The predicted molar refractivity (Wildman–Crippen MR) is 83.8 cm³/mol. The molecular formula is C18H19F2NO. The van der Waals surface area contributed by atoms with Gasteiger partial charge in [0.2, 0.25) is 5.91 Å². The Balaban J connectivity index is 2.03. The van der Waals surface area contributed by atoms with Gasteiger partial charge in [0.25, 0.3) is 0 Å². The molecule has 0 bridgehead atoms. The molecule has 0 spiro atoms. The van der Waals surface area contributed by atoms with E-state index in [-0.39, 0.29) is 17.7 Å². The number of halogens is 2. The van der Waals surface area contributed by atoms with Crippen molar-refractivity contribution >= 4 is 11.6 Å². The molecule has 0 radical (unpaired) electrons. The molecule has 0 heterocycles. The normalized spacial score (nSPS) is 11.3. The van der Waals surface area contributed by atoms with Crippen molar-refractivity contribution < 1.29 is 13.6 Å². The van der Waals surface area contributed by atoms with E-state index in [0.717, 1.165) is 23.8 Å². The molecule has 0 aliphatic heterocycles. The second-order valence-corrected chi connectivity index (χ2v) is 6.33. The second-order valence-electron chi connectivity index (χ2n) is 6.33. The van der Waals surface area contributed by atoms with Gasteiger partial charge in [0.15, 0.2) is 0 Å². The number of rotatable bonds is 3. The summed E-state index contributed by atoms with van der Waals surface area (Å²) in [5, 5.41) is 2.72. The molecule has 0 unspecified atom stereocenters. The Kier molecular flexibility index (Phi) is 4.59. The molecule has 0 saturated carbocycles. The van der Waals surface area contributed by atoms with E-state index < -0.39 is 11.6 Å². The van der Waals surface area contributed by atoms with Gasteiger partial charge in [-0.3, -0.25) is 4.79 Å². The maximum absolute atomic E-state index is 13.1. The van der Waals surface area contributed by atoms with Crippen LogP contribution < -0.4 is 5.32 Å². The summed E-state index contributed by atoms with van der Waals surface area (Å²) in [5.74, 6) is -1.68. The molecule has 1 N–H and O–H groups in total. The number of hydrogen-bond donors (Lipinski definition) is 1. The van der Waals surface area contributed by atoms with E-state index in [1.54, 1.807) is 0 Å². The maximum Gasteiger partial charge on any atom is 0.228 e. The molecule has 1 amide bonds. The number of carbonyl (C=O) groups excluding carboxylic acids is 1. The average Bonchev–Trinajstić information content (AvgIpc) is 2.36. The van der Waals surface area contributed by atoms with Gasteiger partial charge in [-0.05, 0) is 40.8 Å². The van der Waals surface area contributed by atoms with Crippen LogP contribution in [0.1, 0.15) is 31.9 Å². The molecule has 0 aliphatic rings. The van der Waals surface area contributed by atoms with E-state index in [2.05, 4.69) is 26.1 Å². The van der Waals surface area contributed by atoms with Crippen LogP contribution in [-0.2, 0) is 16.6 Å². The highest BCUT2D eigenvalue weighted by atomic mass is 19.1. The number of amides is 1. The Labute approximate surface area is 129 Å². The van der Waals surface area contributed by atoms with E-state index in [1.165, 1.54) is 0 Å². The van der Waals surface area contributed by atoms with Crippen molar-refractivity contribution in [2.75, 3.05) is 5.32 Å². The van der Waals surface area contributed by atoms with Gasteiger partial charge in [-0.1, -0.05) is 32.9 Å². The summed E-state index contributed by atoms with van der Waals surface area (Å²) in [7, 11) is 0. The Morgan fingerprint density at radius 2 is 1.55 bits per heavy atom. The second kappa shape index (κ2) is 6.26. The van der Waals surface area contributed by atoms with Crippen LogP contribution >= 0.6 is 0 Å². The van der Waals surface area contributed by atoms with E-state index in [0.29, 0.717) is 11.3 Å². The van der Waals surface area contributed by atoms with Gasteiger partial charge in [-0.25, -0.2) is 8.78 Å². The zero-order valence-electron chi connectivity index (χ0n) is 12.9. The first-order valence-electron chi connectivity index (χ1n) is 7.09. The number of nitrogens with one attached hydrogen (secondary N) is 1. The fourth-order valence-corrected chi connectivity index (χ4v) is 2.16. The Bertz CT molecular complexity index is 652. The lowest BCUT2D eigenvalue weighted by Gasteiger charge is -2.19. The third-order valence-corrected chi connectivity index (χ3v) is 3.32. The summed E-state index contributed by atoms with van der Waals surface area (Å²) in [6, 6.07) is 10.7. The summed E-state index contributed by atoms with van der Waals surface area (Å²) >= 11 is 0. The third kappa shape index (κ3) is 4.38. The highest BCUT2D eigenvalue weighted by Gasteiger charge is 2.13. The van der Waals surface area contributed by atoms with Gasteiger partial charge in [-0.15, -0.1) is 0 Å². The van der Waals surface area contributed by atoms with E-state index >= 15 is 0 Å². The predicted octanol–water partition coefficient (Wildman–Crippen LogP) is 4.44. The summed E-state index contributed by atoms with van der Waals surface area (Å²) in [5.41, 5.74) is 2.18. The van der Waals surface area contributed by atoms with Crippen molar-refractivity contribution in [2.24, 2.45) is 0 Å². The van der Waals surface area contributed by atoms with Crippen LogP contribution in [0.25, 0.3) is 0 Å². The van der Waals surface area contributed by atoms with Gasteiger partial charge in [0.05, 0.1) is 6.42 Å². The van der Waals surface area contributed by atoms with E-state index in [4.69, 9.17) is 0 Å². The van der Waals surface area contributed by atoms with Gasteiger partial charge >= 0.3 is 0 Å². The Hall–Kier alpha value is -2.23. The van der Waals surface area contributed by atoms with Crippen molar-refractivity contribution in [3.63, 3.8) is 0 Å². The SMILES string of the molecule is CC(C)(C)c1ccc(NC(=O)Cc2cc(F)cc(F)c2)cc1. The summed E-state index contributed by atoms with van der Waals surface area (Å²) in [4.78, 5) is 11.9. The largest absolute Gasteiger partial charge is 0.326 e. The van der Waals surface area contributed by atoms with Crippen LogP contribution in [-0.4, -0.2) is 5.91 Å². The average molecular weight is 303 g/mol. The van der Waals surface area contributed by atoms with Crippen LogP contribution in [0.5, 0.6) is 0 Å². The van der Waals surface area contributed by atoms with Crippen LogP contribution in [0.3, 0.4) is 0 Å². The lowest BCUT2D eigenvalue weighted by atomic mass is 9.87. The first-order valence-corrected chi connectivity index (χ1v) is 7.09. The van der Waals surface area contributed by atoms with Crippen LogP contribution in [0.2, 0.25) is 0 Å². The lowest BCUT2D eigenvalue weighted by Crippen LogP contribution is -2.15. The fraction of sp³-hybridized carbons (Fsp3) is 0.278. The van der Waals surface area contributed by atoms with E-state index in [9.17, 15) is 13.6 Å². The zero-order valence-corrected chi connectivity index (χ0v) is 12.9. The molecule has 0 aromatic heterocycles. The number of anilines is 1. The number of benzene rings is 2. The highest BCUT2D eigenvalue weighted by molar-refractivity contribution is 5.92. The maximum atomic E-state index is 13.1. The van der Waals surface area contributed by atoms with Gasteiger partial charge < -0.3 is 5.32 Å². The van der Waals surface area contributed by atoms with Crippen LogP contribution in [0.4, 0.5) is 14.5 Å². The minimum atomic E-state index is -0.683. The highest BCUT2D eigenvalue weighted by Crippen LogP contribution is 2.23. The molecule has 22 heavy (non-hydrogen) atoms. The molecule has 0 saturated heterocycles. The Morgan fingerprint density at radius 1 is 1.00 bits per heavy atom. The van der Waals surface area contributed by atoms with Crippen LogP contribution in [0.15, 0.2) is 42.5 Å². The molecule has 2 nitrogen and oxygen atoms in total. The standard InChI is InChI=1S/C18H19F2NO/c1-18(2,3)13-4-6-16(7-5-13)21-17(22)10-12-8-14(19)11-15(20)9-12/h4-9,11H,10H2,1-3H3,(H,21,22).